The first-order valence-electron chi connectivity index (χ1n) is 6.12. The van der Waals surface area contributed by atoms with Gasteiger partial charge in [-0.25, -0.2) is 4.98 Å². The van der Waals surface area contributed by atoms with Gasteiger partial charge in [0.25, 0.3) is 0 Å². The molecule has 0 amide bonds. The zero-order chi connectivity index (χ0) is 13.7. The van der Waals surface area contributed by atoms with Crippen LogP contribution in [0.25, 0.3) is 11.4 Å². The van der Waals surface area contributed by atoms with Gasteiger partial charge in [-0.3, -0.25) is 5.10 Å². The zero-order valence-electron chi connectivity index (χ0n) is 11.1. The van der Waals surface area contributed by atoms with Gasteiger partial charge >= 0.3 is 0 Å². The molecule has 0 bridgehead atoms. The number of aromatic nitrogens is 3. The minimum absolute atomic E-state index is 0.571. The van der Waals surface area contributed by atoms with Gasteiger partial charge in [-0.05, 0) is 25.1 Å². The highest BCUT2D eigenvalue weighted by atomic mass is 16.5. The third kappa shape index (κ3) is 2.85. The number of aromatic amines is 1. The van der Waals surface area contributed by atoms with E-state index in [1.165, 1.54) is 0 Å². The number of hydrogen-bond donors (Lipinski definition) is 2. The summed E-state index contributed by atoms with van der Waals surface area (Å²) in [7, 11) is 3.22. The highest BCUT2D eigenvalue weighted by Crippen LogP contribution is 2.36. The third-order valence-corrected chi connectivity index (χ3v) is 2.80. The normalized spacial score (nSPS) is 10.5. The standard InChI is InChI=1S/C13H18N4O2/c1-18-9-5-3-6-10(19-2)12(9)13-15-11(16-17-13)7-4-8-14/h3,5-6H,4,7-8,14H2,1-2H3,(H,15,16,17). The lowest BCUT2D eigenvalue weighted by molar-refractivity contribution is 0.397. The van der Waals surface area contributed by atoms with Crippen molar-refractivity contribution in [3.05, 3.63) is 24.0 Å². The summed E-state index contributed by atoms with van der Waals surface area (Å²) in [6.45, 7) is 0.633. The molecule has 0 saturated heterocycles. The summed E-state index contributed by atoms with van der Waals surface area (Å²) in [4.78, 5) is 4.45. The van der Waals surface area contributed by atoms with Crippen LogP contribution in [0.5, 0.6) is 11.5 Å². The number of benzene rings is 1. The van der Waals surface area contributed by atoms with Crippen molar-refractivity contribution in [3.8, 4) is 22.9 Å². The molecule has 0 aliphatic rings. The molecule has 1 aromatic heterocycles. The second-order valence-electron chi connectivity index (χ2n) is 4.04. The molecular weight excluding hydrogens is 244 g/mol. The highest BCUT2D eigenvalue weighted by molar-refractivity contribution is 5.71. The van der Waals surface area contributed by atoms with Gasteiger partial charge in [-0.1, -0.05) is 6.07 Å². The summed E-state index contributed by atoms with van der Waals surface area (Å²) in [6.07, 6.45) is 1.65. The van der Waals surface area contributed by atoms with Gasteiger partial charge in [0, 0.05) is 6.42 Å². The number of aryl methyl sites for hydroxylation is 1. The molecule has 2 rings (SSSR count). The maximum atomic E-state index is 5.48. The first-order chi connectivity index (χ1) is 9.30. The molecule has 0 unspecified atom stereocenters. The fraction of sp³-hybridized carbons (Fsp3) is 0.385. The van der Waals surface area contributed by atoms with Crippen molar-refractivity contribution in [2.24, 2.45) is 5.73 Å². The van der Waals surface area contributed by atoms with Crippen LogP contribution in [-0.4, -0.2) is 35.9 Å². The topological polar surface area (TPSA) is 86.0 Å². The van der Waals surface area contributed by atoms with E-state index in [0.29, 0.717) is 23.9 Å². The summed E-state index contributed by atoms with van der Waals surface area (Å²) >= 11 is 0. The predicted molar refractivity (Wildman–Crippen MR) is 72.3 cm³/mol. The number of nitrogens with two attached hydrogens (primary N) is 1. The van der Waals surface area contributed by atoms with Gasteiger partial charge in [0.15, 0.2) is 5.82 Å². The maximum absolute atomic E-state index is 5.48. The van der Waals surface area contributed by atoms with Crippen LogP contribution < -0.4 is 15.2 Å². The minimum Gasteiger partial charge on any atom is -0.496 e. The molecular formula is C13H18N4O2. The van der Waals surface area contributed by atoms with Gasteiger partial charge in [0.2, 0.25) is 0 Å². The number of nitrogens with one attached hydrogen (secondary N) is 1. The van der Waals surface area contributed by atoms with Crippen molar-refractivity contribution >= 4 is 0 Å². The Morgan fingerprint density at radius 1 is 1.21 bits per heavy atom. The molecule has 0 atom stereocenters. The molecule has 0 fully saturated rings. The second kappa shape index (κ2) is 6.19. The van der Waals surface area contributed by atoms with Crippen molar-refractivity contribution in [1.82, 2.24) is 15.2 Å². The number of H-pyrrole nitrogens is 1. The monoisotopic (exact) mass is 262 g/mol. The quantitative estimate of drug-likeness (QED) is 0.821. The molecule has 0 aliphatic heterocycles. The molecule has 102 valence electrons. The summed E-state index contributed by atoms with van der Waals surface area (Å²) in [6, 6.07) is 5.57. The molecule has 6 nitrogen and oxygen atoms in total. The molecule has 1 heterocycles. The summed E-state index contributed by atoms with van der Waals surface area (Å²) < 4.78 is 10.7. The Kier molecular flexibility index (Phi) is 4.35. The van der Waals surface area contributed by atoms with Gasteiger partial charge in [-0.2, -0.15) is 5.10 Å². The third-order valence-electron chi connectivity index (χ3n) is 2.80. The van der Waals surface area contributed by atoms with Gasteiger partial charge in [-0.15, -0.1) is 0 Å². The smallest absolute Gasteiger partial charge is 0.188 e. The van der Waals surface area contributed by atoms with E-state index in [2.05, 4.69) is 15.2 Å². The van der Waals surface area contributed by atoms with E-state index in [1.54, 1.807) is 14.2 Å². The number of methoxy groups -OCH3 is 2. The number of nitrogens with zero attached hydrogens (tertiary/aromatic N) is 2. The van der Waals surface area contributed by atoms with Crippen molar-refractivity contribution in [2.45, 2.75) is 12.8 Å². The van der Waals surface area contributed by atoms with E-state index >= 15 is 0 Å². The van der Waals surface area contributed by atoms with Crippen LogP contribution in [0.3, 0.4) is 0 Å². The Hall–Kier alpha value is -2.08. The van der Waals surface area contributed by atoms with E-state index in [-0.39, 0.29) is 0 Å². The van der Waals surface area contributed by atoms with E-state index in [1.807, 2.05) is 18.2 Å². The van der Waals surface area contributed by atoms with Crippen LogP contribution in [0.1, 0.15) is 12.2 Å². The summed E-state index contributed by atoms with van der Waals surface area (Å²) in [5.74, 6) is 2.75. The van der Waals surface area contributed by atoms with Gasteiger partial charge in [0.1, 0.15) is 22.9 Å². The maximum Gasteiger partial charge on any atom is 0.188 e. The van der Waals surface area contributed by atoms with Crippen molar-refractivity contribution in [1.29, 1.82) is 0 Å². The lowest BCUT2D eigenvalue weighted by atomic mass is 10.1. The van der Waals surface area contributed by atoms with Crippen LogP contribution >= 0.6 is 0 Å². The molecule has 0 spiro atoms. The molecule has 1 aromatic carbocycles. The van der Waals surface area contributed by atoms with Gasteiger partial charge < -0.3 is 15.2 Å². The number of ether oxygens (including phenoxy) is 2. The summed E-state index contributed by atoms with van der Waals surface area (Å²) in [5.41, 5.74) is 6.24. The van der Waals surface area contributed by atoms with Crippen molar-refractivity contribution < 1.29 is 9.47 Å². The minimum atomic E-state index is 0.571. The van der Waals surface area contributed by atoms with E-state index in [9.17, 15) is 0 Å². The average molecular weight is 262 g/mol. The number of hydrogen-bond acceptors (Lipinski definition) is 5. The van der Waals surface area contributed by atoms with Crippen molar-refractivity contribution in [3.63, 3.8) is 0 Å². The molecule has 6 heteroatoms. The molecule has 2 aromatic rings. The van der Waals surface area contributed by atoms with Gasteiger partial charge in [0.05, 0.1) is 14.2 Å². The van der Waals surface area contributed by atoms with Crippen LogP contribution in [0, 0.1) is 0 Å². The van der Waals surface area contributed by atoms with E-state index < -0.39 is 0 Å². The highest BCUT2D eigenvalue weighted by Gasteiger charge is 2.16. The Morgan fingerprint density at radius 2 is 1.89 bits per heavy atom. The lowest BCUT2D eigenvalue weighted by Gasteiger charge is -2.09. The SMILES string of the molecule is COc1cccc(OC)c1-c1n[nH]c(CCCN)n1. The number of rotatable bonds is 6. The second-order valence-corrected chi connectivity index (χ2v) is 4.04. The van der Waals surface area contributed by atoms with Crippen molar-refractivity contribution in [2.75, 3.05) is 20.8 Å². The van der Waals surface area contributed by atoms with Crippen LogP contribution in [0.15, 0.2) is 18.2 Å². The lowest BCUT2D eigenvalue weighted by Crippen LogP contribution is -2.01. The fourth-order valence-corrected chi connectivity index (χ4v) is 1.86. The Balaban J connectivity index is 2.37. The first kappa shape index (κ1) is 13.4. The largest absolute Gasteiger partial charge is 0.496 e. The van der Waals surface area contributed by atoms with Crippen LogP contribution in [-0.2, 0) is 6.42 Å². The predicted octanol–water partition coefficient (Wildman–Crippen LogP) is 1.38. The fourth-order valence-electron chi connectivity index (χ4n) is 1.86. The zero-order valence-corrected chi connectivity index (χ0v) is 11.1. The summed E-state index contributed by atoms with van der Waals surface area (Å²) in [5, 5.41) is 7.13. The van der Waals surface area contributed by atoms with Crippen LogP contribution in [0.2, 0.25) is 0 Å². The molecule has 3 N–H and O–H groups in total. The van der Waals surface area contributed by atoms with E-state index in [0.717, 1.165) is 24.2 Å². The Labute approximate surface area is 111 Å². The van der Waals surface area contributed by atoms with Crippen LogP contribution in [0.4, 0.5) is 0 Å². The Morgan fingerprint density at radius 3 is 2.47 bits per heavy atom. The first-order valence-corrected chi connectivity index (χ1v) is 6.12. The Bertz CT molecular complexity index is 517. The molecule has 0 radical (unpaired) electrons. The average Bonchev–Trinajstić information content (AvgIpc) is 2.92. The molecule has 19 heavy (non-hydrogen) atoms. The van der Waals surface area contributed by atoms with E-state index in [4.69, 9.17) is 15.2 Å². The molecule has 0 aliphatic carbocycles. The molecule has 0 saturated carbocycles.